The molecule has 0 aromatic heterocycles. The topological polar surface area (TPSA) is 57.5 Å². The van der Waals surface area contributed by atoms with Crippen molar-refractivity contribution in [3.63, 3.8) is 0 Å². The summed E-state index contributed by atoms with van der Waals surface area (Å²) < 4.78 is 0. The molecule has 15 heavy (non-hydrogen) atoms. The van der Waals surface area contributed by atoms with Crippen LogP contribution in [0.1, 0.15) is 30.9 Å². The Hall–Kier alpha value is -1.35. The minimum absolute atomic E-state index is 0.118. The lowest BCUT2D eigenvalue weighted by molar-refractivity contribution is -0.117. The Morgan fingerprint density at radius 3 is 2.73 bits per heavy atom. The number of aliphatic hydroxyl groups excluding tert-OH is 1. The molecule has 3 nitrogen and oxygen atoms in total. The van der Waals surface area contributed by atoms with Crippen LogP contribution < -0.4 is 0 Å². The molecule has 0 aliphatic heterocycles. The van der Waals surface area contributed by atoms with E-state index in [2.05, 4.69) is 0 Å². The lowest BCUT2D eigenvalue weighted by Gasteiger charge is -2.05. The highest BCUT2D eigenvalue weighted by Gasteiger charge is 2.02. The Morgan fingerprint density at radius 1 is 1.40 bits per heavy atom. The van der Waals surface area contributed by atoms with Crippen LogP contribution in [-0.4, -0.2) is 16.0 Å². The quantitative estimate of drug-likeness (QED) is 0.775. The number of carbonyl (C=O) groups excluding carboxylic acids is 1. The third kappa shape index (κ3) is 3.72. The van der Waals surface area contributed by atoms with Gasteiger partial charge in [-0.05, 0) is 37.5 Å². The zero-order chi connectivity index (χ0) is 11.3. The second kappa shape index (κ2) is 5.51. The van der Waals surface area contributed by atoms with Gasteiger partial charge in [0.1, 0.15) is 11.5 Å². The number of aromatic hydroxyl groups is 1. The smallest absolute Gasteiger partial charge is 0.129 e. The fourth-order valence-corrected chi connectivity index (χ4v) is 1.46. The highest BCUT2D eigenvalue weighted by Crippen LogP contribution is 2.19. The summed E-state index contributed by atoms with van der Waals surface area (Å²) in [5, 5.41) is 18.3. The maximum Gasteiger partial charge on any atom is 0.129 e. The van der Waals surface area contributed by atoms with Crippen LogP contribution in [0.5, 0.6) is 5.75 Å². The molecule has 0 spiro atoms. The first-order valence-corrected chi connectivity index (χ1v) is 5.04. The Balaban J connectivity index is 2.58. The number of hydrogen-bond donors (Lipinski definition) is 2. The van der Waals surface area contributed by atoms with Crippen molar-refractivity contribution in [2.75, 3.05) is 0 Å². The maximum absolute atomic E-state index is 10.7. The van der Waals surface area contributed by atoms with E-state index in [0.717, 1.165) is 18.4 Å². The number of benzene rings is 1. The second-order valence-electron chi connectivity index (χ2n) is 3.68. The van der Waals surface area contributed by atoms with Gasteiger partial charge in [-0.1, -0.05) is 6.07 Å². The third-order valence-electron chi connectivity index (χ3n) is 2.31. The normalized spacial score (nSPS) is 10.3. The minimum atomic E-state index is -0.160. The summed E-state index contributed by atoms with van der Waals surface area (Å²) in [6.45, 7) is 1.42. The fraction of sp³-hybridized carbons (Fsp3) is 0.417. The highest BCUT2D eigenvalue weighted by molar-refractivity contribution is 5.75. The second-order valence-corrected chi connectivity index (χ2v) is 3.68. The molecular formula is C12H16O3. The van der Waals surface area contributed by atoms with E-state index in [1.807, 2.05) is 6.07 Å². The number of phenols is 1. The number of aryl methyl sites for hydroxylation is 1. The molecule has 0 aliphatic rings. The highest BCUT2D eigenvalue weighted by atomic mass is 16.3. The lowest BCUT2D eigenvalue weighted by Crippen LogP contribution is -1.94. The van der Waals surface area contributed by atoms with Crippen LogP contribution >= 0.6 is 0 Å². The first-order valence-electron chi connectivity index (χ1n) is 5.04. The molecule has 1 aromatic carbocycles. The standard InChI is InChI=1S/C12H16O3/c1-9(14)3-2-4-10-5-6-12(15)11(7-10)8-13/h5-7,13,15H,2-4,8H2,1H3. The van der Waals surface area contributed by atoms with Crippen molar-refractivity contribution in [3.8, 4) is 5.75 Å². The SMILES string of the molecule is CC(=O)CCCc1ccc(O)c(CO)c1. The monoisotopic (exact) mass is 208 g/mol. The van der Waals surface area contributed by atoms with E-state index >= 15 is 0 Å². The summed E-state index contributed by atoms with van der Waals surface area (Å²) in [5.41, 5.74) is 1.58. The molecule has 1 rings (SSSR count). The molecular weight excluding hydrogens is 192 g/mol. The van der Waals surface area contributed by atoms with Gasteiger partial charge in [0.05, 0.1) is 6.61 Å². The van der Waals surface area contributed by atoms with Crippen LogP contribution in [-0.2, 0) is 17.8 Å². The summed E-state index contributed by atoms with van der Waals surface area (Å²) in [7, 11) is 0. The van der Waals surface area contributed by atoms with E-state index in [-0.39, 0.29) is 18.1 Å². The number of hydrogen-bond acceptors (Lipinski definition) is 3. The van der Waals surface area contributed by atoms with Gasteiger partial charge >= 0.3 is 0 Å². The van der Waals surface area contributed by atoms with E-state index in [0.29, 0.717) is 12.0 Å². The molecule has 1 aromatic rings. The van der Waals surface area contributed by atoms with E-state index in [9.17, 15) is 9.90 Å². The Morgan fingerprint density at radius 2 is 2.13 bits per heavy atom. The predicted molar refractivity (Wildman–Crippen MR) is 57.6 cm³/mol. The number of ketones is 1. The summed E-state index contributed by atoms with van der Waals surface area (Å²) in [6.07, 6.45) is 2.19. The van der Waals surface area contributed by atoms with E-state index in [1.165, 1.54) is 0 Å². The van der Waals surface area contributed by atoms with Gasteiger partial charge in [0, 0.05) is 12.0 Å². The molecule has 82 valence electrons. The molecule has 2 N–H and O–H groups in total. The van der Waals surface area contributed by atoms with Crippen molar-refractivity contribution in [2.45, 2.75) is 32.8 Å². The molecule has 0 saturated carbocycles. The van der Waals surface area contributed by atoms with Gasteiger partial charge in [0.25, 0.3) is 0 Å². The molecule has 0 aliphatic carbocycles. The number of carbonyl (C=O) groups is 1. The van der Waals surface area contributed by atoms with Crippen molar-refractivity contribution in [2.24, 2.45) is 0 Å². The van der Waals surface area contributed by atoms with Crippen molar-refractivity contribution in [1.29, 1.82) is 0 Å². The lowest BCUT2D eigenvalue weighted by atomic mass is 10.0. The van der Waals surface area contributed by atoms with Crippen LogP contribution in [0, 0.1) is 0 Å². The van der Waals surface area contributed by atoms with Crippen molar-refractivity contribution >= 4 is 5.78 Å². The van der Waals surface area contributed by atoms with Gasteiger partial charge < -0.3 is 15.0 Å². The van der Waals surface area contributed by atoms with Gasteiger partial charge in [-0.2, -0.15) is 0 Å². The van der Waals surface area contributed by atoms with Gasteiger partial charge in [-0.3, -0.25) is 0 Å². The molecule has 0 radical (unpaired) electrons. The van der Waals surface area contributed by atoms with Crippen LogP contribution in [0.15, 0.2) is 18.2 Å². The molecule has 0 saturated heterocycles. The Kier molecular flexibility index (Phi) is 4.31. The van der Waals surface area contributed by atoms with E-state index < -0.39 is 0 Å². The molecule has 0 fully saturated rings. The average molecular weight is 208 g/mol. The summed E-state index contributed by atoms with van der Waals surface area (Å²) in [4.78, 5) is 10.7. The molecule has 0 heterocycles. The van der Waals surface area contributed by atoms with Crippen molar-refractivity contribution < 1.29 is 15.0 Å². The zero-order valence-corrected chi connectivity index (χ0v) is 8.86. The van der Waals surface area contributed by atoms with Crippen LogP contribution in [0.2, 0.25) is 0 Å². The largest absolute Gasteiger partial charge is 0.508 e. The van der Waals surface area contributed by atoms with Crippen LogP contribution in [0.3, 0.4) is 0 Å². The third-order valence-corrected chi connectivity index (χ3v) is 2.31. The minimum Gasteiger partial charge on any atom is -0.508 e. The molecule has 0 amide bonds. The van der Waals surface area contributed by atoms with Crippen molar-refractivity contribution in [1.82, 2.24) is 0 Å². The fourth-order valence-electron chi connectivity index (χ4n) is 1.46. The molecule has 0 unspecified atom stereocenters. The number of Topliss-reactive ketones (excluding diaryl/α,β-unsaturated/α-hetero) is 1. The van der Waals surface area contributed by atoms with Gasteiger partial charge in [-0.25, -0.2) is 0 Å². The first-order chi connectivity index (χ1) is 7.13. The van der Waals surface area contributed by atoms with Crippen LogP contribution in [0.4, 0.5) is 0 Å². The first kappa shape index (κ1) is 11.7. The molecule has 0 atom stereocenters. The summed E-state index contributed by atoms with van der Waals surface area (Å²) in [6, 6.07) is 5.17. The summed E-state index contributed by atoms with van der Waals surface area (Å²) >= 11 is 0. The van der Waals surface area contributed by atoms with Gasteiger partial charge in [-0.15, -0.1) is 0 Å². The predicted octanol–water partition coefficient (Wildman–Crippen LogP) is 1.80. The van der Waals surface area contributed by atoms with Gasteiger partial charge in [0.15, 0.2) is 0 Å². The maximum atomic E-state index is 10.7. The Bertz CT molecular complexity index is 345. The van der Waals surface area contributed by atoms with E-state index in [1.54, 1.807) is 19.1 Å². The zero-order valence-electron chi connectivity index (χ0n) is 8.86. The van der Waals surface area contributed by atoms with Gasteiger partial charge in [0.2, 0.25) is 0 Å². The van der Waals surface area contributed by atoms with Crippen LogP contribution in [0.25, 0.3) is 0 Å². The Labute approximate surface area is 89.4 Å². The van der Waals surface area contributed by atoms with E-state index in [4.69, 9.17) is 5.11 Å². The number of aliphatic hydroxyl groups is 1. The summed E-state index contributed by atoms with van der Waals surface area (Å²) in [5.74, 6) is 0.309. The average Bonchev–Trinajstić information content (AvgIpc) is 2.20. The van der Waals surface area contributed by atoms with Crippen molar-refractivity contribution in [3.05, 3.63) is 29.3 Å². The molecule has 0 bridgehead atoms. The number of rotatable bonds is 5. The molecule has 3 heteroatoms.